The molecule has 0 saturated carbocycles. The molecule has 0 aromatic carbocycles. The van der Waals surface area contributed by atoms with Gasteiger partial charge >= 0.3 is 0 Å². The molecule has 0 heterocycles. The van der Waals surface area contributed by atoms with Gasteiger partial charge in [0.05, 0.1) is 6.10 Å². The van der Waals surface area contributed by atoms with E-state index in [1.54, 1.807) is 0 Å². The lowest BCUT2D eigenvalue weighted by molar-refractivity contribution is 0.0693. The van der Waals surface area contributed by atoms with Crippen molar-refractivity contribution < 1.29 is 4.74 Å². The number of rotatable bonds is 11. The Hall–Kier alpha value is -0.0400. The van der Waals surface area contributed by atoms with Gasteiger partial charge in [0.1, 0.15) is 0 Å². The highest BCUT2D eigenvalue weighted by atomic mass is 16.5. The highest BCUT2D eigenvalue weighted by Gasteiger charge is 2.09. The summed E-state index contributed by atoms with van der Waals surface area (Å²) in [7, 11) is 1.81. The minimum absolute atomic E-state index is 0.421. The van der Waals surface area contributed by atoms with Crippen LogP contribution in [0.1, 0.15) is 78.6 Å². The number of ether oxygens (including phenoxy) is 1. The largest absolute Gasteiger partial charge is 0.381 e. The molecule has 0 fully saturated rings. The van der Waals surface area contributed by atoms with E-state index in [0.29, 0.717) is 12.0 Å². The zero-order valence-corrected chi connectivity index (χ0v) is 11.9. The maximum atomic E-state index is 5.33. The number of hydrogen-bond acceptors (Lipinski definition) is 1. The van der Waals surface area contributed by atoms with Crippen molar-refractivity contribution in [3.8, 4) is 0 Å². The second-order valence-electron chi connectivity index (χ2n) is 5.18. The lowest BCUT2D eigenvalue weighted by Gasteiger charge is -2.17. The van der Waals surface area contributed by atoms with Gasteiger partial charge in [0.15, 0.2) is 0 Å². The molecule has 0 bridgehead atoms. The zero-order valence-electron chi connectivity index (χ0n) is 11.9. The Morgan fingerprint density at radius 3 is 1.81 bits per heavy atom. The first-order valence-electron chi connectivity index (χ1n) is 7.25. The van der Waals surface area contributed by atoms with Crippen LogP contribution in [0.2, 0.25) is 0 Å². The molecule has 0 aromatic heterocycles. The third-order valence-corrected chi connectivity index (χ3v) is 3.69. The summed E-state index contributed by atoms with van der Waals surface area (Å²) < 4.78 is 5.33. The van der Waals surface area contributed by atoms with Gasteiger partial charge in [-0.05, 0) is 19.3 Å². The zero-order chi connectivity index (χ0) is 12.2. The van der Waals surface area contributed by atoms with Crippen molar-refractivity contribution in [3.63, 3.8) is 0 Å². The molecule has 0 rings (SSSR count). The molecule has 16 heavy (non-hydrogen) atoms. The molecule has 98 valence electrons. The van der Waals surface area contributed by atoms with Gasteiger partial charge in [-0.1, -0.05) is 65.2 Å². The standard InChI is InChI=1S/C15H32O/c1-5-6-7-8-9-10-11-12-13-14(2)15(3)16-4/h14-15H,5-13H2,1-4H3. The lowest BCUT2D eigenvalue weighted by Crippen LogP contribution is -2.15. The van der Waals surface area contributed by atoms with E-state index in [0.717, 1.165) is 0 Å². The molecule has 1 nitrogen and oxygen atoms in total. The van der Waals surface area contributed by atoms with E-state index in [2.05, 4.69) is 20.8 Å². The Morgan fingerprint density at radius 2 is 1.31 bits per heavy atom. The van der Waals surface area contributed by atoms with Crippen molar-refractivity contribution in [2.75, 3.05) is 7.11 Å². The van der Waals surface area contributed by atoms with E-state index in [1.807, 2.05) is 7.11 Å². The van der Waals surface area contributed by atoms with Crippen molar-refractivity contribution in [1.29, 1.82) is 0 Å². The Morgan fingerprint density at radius 1 is 0.812 bits per heavy atom. The highest BCUT2D eigenvalue weighted by Crippen LogP contribution is 2.16. The molecule has 0 aliphatic rings. The van der Waals surface area contributed by atoms with Gasteiger partial charge in [-0.3, -0.25) is 0 Å². The highest BCUT2D eigenvalue weighted by molar-refractivity contribution is 4.60. The monoisotopic (exact) mass is 228 g/mol. The summed E-state index contributed by atoms with van der Waals surface area (Å²) in [5.74, 6) is 0.713. The summed E-state index contributed by atoms with van der Waals surface area (Å²) in [5.41, 5.74) is 0. The van der Waals surface area contributed by atoms with Crippen LogP contribution in [0.15, 0.2) is 0 Å². The van der Waals surface area contributed by atoms with Gasteiger partial charge in [0.2, 0.25) is 0 Å². The molecule has 0 aliphatic heterocycles. The smallest absolute Gasteiger partial charge is 0.0568 e. The second kappa shape index (κ2) is 11.4. The third kappa shape index (κ3) is 9.21. The summed E-state index contributed by atoms with van der Waals surface area (Å²) in [6, 6.07) is 0. The first-order valence-corrected chi connectivity index (χ1v) is 7.25. The maximum Gasteiger partial charge on any atom is 0.0568 e. The van der Waals surface area contributed by atoms with Gasteiger partial charge < -0.3 is 4.74 Å². The predicted molar refractivity (Wildman–Crippen MR) is 72.9 cm³/mol. The van der Waals surface area contributed by atoms with Crippen molar-refractivity contribution in [2.24, 2.45) is 5.92 Å². The summed E-state index contributed by atoms with van der Waals surface area (Å²) in [5, 5.41) is 0. The van der Waals surface area contributed by atoms with E-state index in [-0.39, 0.29) is 0 Å². The minimum atomic E-state index is 0.421. The van der Waals surface area contributed by atoms with Gasteiger partial charge in [-0.2, -0.15) is 0 Å². The fourth-order valence-corrected chi connectivity index (χ4v) is 2.07. The maximum absolute atomic E-state index is 5.33. The van der Waals surface area contributed by atoms with Crippen molar-refractivity contribution in [1.82, 2.24) is 0 Å². The first kappa shape index (κ1) is 16.0. The van der Waals surface area contributed by atoms with Gasteiger partial charge in [-0.25, -0.2) is 0 Å². The molecule has 0 N–H and O–H groups in total. The van der Waals surface area contributed by atoms with Gasteiger partial charge in [0.25, 0.3) is 0 Å². The molecule has 2 atom stereocenters. The molecular formula is C15H32O. The number of unbranched alkanes of at least 4 members (excludes halogenated alkanes) is 7. The Kier molecular flexibility index (Phi) is 11.4. The van der Waals surface area contributed by atoms with E-state index >= 15 is 0 Å². The van der Waals surface area contributed by atoms with Gasteiger partial charge in [-0.15, -0.1) is 0 Å². The molecule has 0 amide bonds. The quantitative estimate of drug-likeness (QED) is 0.442. The molecule has 2 unspecified atom stereocenters. The molecular weight excluding hydrogens is 196 g/mol. The van der Waals surface area contributed by atoms with Crippen molar-refractivity contribution in [3.05, 3.63) is 0 Å². The fraction of sp³-hybridized carbons (Fsp3) is 1.00. The Labute approximate surface area is 103 Å². The van der Waals surface area contributed by atoms with E-state index in [1.165, 1.54) is 57.8 Å². The first-order chi connectivity index (χ1) is 7.72. The molecule has 0 radical (unpaired) electrons. The molecule has 0 aliphatic carbocycles. The van der Waals surface area contributed by atoms with E-state index in [9.17, 15) is 0 Å². The molecule has 0 saturated heterocycles. The van der Waals surface area contributed by atoms with Crippen LogP contribution in [0, 0.1) is 5.92 Å². The average molecular weight is 228 g/mol. The van der Waals surface area contributed by atoms with Crippen LogP contribution < -0.4 is 0 Å². The summed E-state index contributed by atoms with van der Waals surface area (Å²) in [6.07, 6.45) is 13.1. The average Bonchev–Trinajstić information content (AvgIpc) is 2.31. The van der Waals surface area contributed by atoms with Crippen molar-refractivity contribution in [2.45, 2.75) is 84.7 Å². The molecule has 0 aromatic rings. The topological polar surface area (TPSA) is 9.23 Å². The van der Waals surface area contributed by atoms with Crippen LogP contribution in [0.4, 0.5) is 0 Å². The van der Waals surface area contributed by atoms with E-state index < -0.39 is 0 Å². The van der Waals surface area contributed by atoms with Crippen LogP contribution >= 0.6 is 0 Å². The normalized spacial score (nSPS) is 15.0. The van der Waals surface area contributed by atoms with Crippen molar-refractivity contribution >= 4 is 0 Å². The molecule has 0 spiro atoms. The SMILES string of the molecule is CCCCCCCCCCC(C)C(C)OC. The van der Waals surface area contributed by atoms with Crippen LogP contribution in [0.25, 0.3) is 0 Å². The van der Waals surface area contributed by atoms with Crippen LogP contribution in [-0.4, -0.2) is 13.2 Å². The van der Waals surface area contributed by atoms with E-state index in [4.69, 9.17) is 4.74 Å². The third-order valence-electron chi connectivity index (χ3n) is 3.69. The summed E-state index contributed by atoms with van der Waals surface area (Å²) in [4.78, 5) is 0. The Balaban J connectivity index is 3.14. The van der Waals surface area contributed by atoms with Crippen LogP contribution in [-0.2, 0) is 4.74 Å². The predicted octanol–water partition coefficient (Wildman–Crippen LogP) is 5.19. The van der Waals surface area contributed by atoms with Crippen LogP contribution in [0.5, 0.6) is 0 Å². The number of methoxy groups -OCH3 is 1. The minimum Gasteiger partial charge on any atom is -0.381 e. The fourth-order valence-electron chi connectivity index (χ4n) is 2.07. The Bertz CT molecular complexity index is 133. The summed E-state index contributed by atoms with van der Waals surface area (Å²) in [6.45, 7) is 6.75. The lowest BCUT2D eigenvalue weighted by atomic mass is 9.97. The summed E-state index contributed by atoms with van der Waals surface area (Å²) >= 11 is 0. The molecule has 1 heteroatoms. The van der Waals surface area contributed by atoms with Crippen LogP contribution in [0.3, 0.4) is 0 Å². The second-order valence-corrected chi connectivity index (χ2v) is 5.18. The number of hydrogen-bond donors (Lipinski definition) is 0. The van der Waals surface area contributed by atoms with Gasteiger partial charge in [0, 0.05) is 7.11 Å².